The van der Waals surface area contributed by atoms with Gasteiger partial charge in [-0.2, -0.15) is 0 Å². The Bertz CT molecular complexity index is 706. The number of benzene rings is 2. The number of ether oxygens (including phenoxy) is 2. The molecule has 0 aliphatic carbocycles. The van der Waals surface area contributed by atoms with E-state index < -0.39 is 0 Å². The van der Waals surface area contributed by atoms with E-state index >= 15 is 0 Å². The Balaban J connectivity index is 2.06. The molecule has 0 radical (unpaired) electrons. The second-order valence-corrected chi connectivity index (χ2v) is 5.23. The predicted octanol–water partition coefficient (Wildman–Crippen LogP) is 4.07. The molecule has 23 heavy (non-hydrogen) atoms. The van der Waals surface area contributed by atoms with Crippen LogP contribution in [0.5, 0.6) is 11.5 Å². The van der Waals surface area contributed by atoms with Crippen LogP contribution in [0.2, 0.25) is 5.02 Å². The summed E-state index contributed by atoms with van der Waals surface area (Å²) in [6, 6.07) is 9.54. The molecule has 2 rings (SSSR count). The number of halogens is 2. The lowest BCUT2D eigenvalue weighted by atomic mass is 10.1. The van der Waals surface area contributed by atoms with Crippen molar-refractivity contribution in [2.24, 2.45) is 0 Å². The number of methoxy groups -OCH3 is 2. The van der Waals surface area contributed by atoms with Gasteiger partial charge in [-0.05, 0) is 18.1 Å². The van der Waals surface area contributed by atoms with E-state index in [1.807, 2.05) is 0 Å². The standard InChI is InChI=1S/C17H17ClFNO3/c1-22-15-10-14(16(23-2)9-12(15)18)20-17(21)8-7-11-5-3-4-6-13(11)19/h3-6,9-10H,7-8H2,1-2H3,(H,20,21). The third kappa shape index (κ3) is 4.36. The first kappa shape index (κ1) is 17.1. The molecule has 1 amide bonds. The number of carbonyl (C=O) groups is 1. The van der Waals surface area contributed by atoms with Crippen molar-refractivity contribution in [2.45, 2.75) is 12.8 Å². The average Bonchev–Trinajstić information content (AvgIpc) is 2.55. The summed E-state index contributed by atoms with van der Waals surface area (Å²) in [5.41, 5.74) is 0.954. The smallest absolute Gasteiger partial charge is 0.224 e. The zero-order valence-corrected chi connectivity index (χ0v) is 13.6. The summed E-state index contributed by atoms with van der Waals surface area (Å²) < 4.78 is 23.9. The molecule has 2 aromatic carbocycles. The number of anilines is 1. The fraction of sp³-hybridized carbons (Fsp3) is 0.235. The molecule has 2 aromatic rings. The highest BCUT2D eigenvalue weighted by Gasteiger charge is 2.13. The molecule has 122 valence electrons. The first-order chi connectivity index (χ1) is 11.0. The van der Waals surface area contributed by atoms with Crippen molar-refractivity contribution in [3.8, 4) is 11.5 Å². The van der Waals surface area contributed by atoms with Gasteiger partial charge in [-0.1, -0.05) is 29.8 Å². The molecule has 0 fully saturated rings. The Labute approximate surface area is 139 Å². The van der Waals surface area contributed by atoms with Gasteiger partial charge in [0, 0.05) is 18.6 Å². The molecule has 4 nitrogen and oxygen atoms in total. The number of hydrogen-bond acceptors (Lipinski definition) is 3. The number of amides is 1. The van der Waals surface area contributed by atoms with Gasteiger partial charge < -0.3 is 14.8 Å². The van der Waals surface area contributed by atoms with Crippen LogP contribution < -0.4 is 14.8 Å². The van der Waals surface area contributed by atoms with Gasteiger partial charge in [-0.3, -0.25) is 4.79 Å². The summed E-state index contributed by atoms with van der Waals surface area (Å²) >= 11 is 6.02. The fourth-order valence-corrected chi connectivity index (χ4v) is 2.35. The van der Waals surface area contributed by atoms with Crippen LogP contribution >= 0.6 is 11.6 Å². The molecule has 0 spiro atoms. The Morgan fingerprint density at radius 2 is 1.87 bits per heavy atom. The minimum absolute atomic E-state index is 0.148. The maximum Gasteiger partial charge on any atom is 0.224 e. The first-order valence-electron chi connectivity index (χ1n) is 7.00. The first-order valence-corrected chi connectivity index (χ1v) is 7.37. The molecule has 0 unspecified atom stereocenters. The van der Waals surface area contributed by atoms with Crippen LogP contribution in [0.3, 0.4) is 0 Å². The molecule has 0 heterocycles. The summed E-state index contributed by atoms with van der Waals surface area (Å²) in [5.74, 6) is 0.286. The molecule has 0 saturated heterocycles. The van der Waals surface area contributed by atoms with Crippen LogP contribution in [-0.4, -0.2) is 20.1 Å². The summed E-state index contributed by atoms with van der Waals surface area (Å²) in [5, 5.41) is 3.11. The van der Waals surface area contributed by atoms with Crippen molar-refractivity contribution in [1.29, 1.82) is 0 Å². The Hall–Kier alpha value is -2.27. The minimum atomic E-state index is -0.314. The van der Waals surface area contributed by atoms with E-state index in [0.717, 1.165) is 0 Å². The fourth-order valence-electron chi connectivity index (χ4n) is 2.12. The van der Waals surface area contributed by atoms with Crippen LogP contribution in [0.15, 0.2) is 36.4 Å². The molecule has 0 aliphatic rings. The number of nitrogens with one attached hydrogen (secondary N) is 1. The van der Waals surface area contributed by atoms with Crippen LogP contribution in [0.25, 0.3) is 0 Å². The van der Waals surface area contributed by atoms with Crippen molar-refractivity contribution in [3.63, 3.8) is 0 Å². The zero-order valence-electron chi connectivity index (χ0n) is 12.9. The molecular formula is C17H17ClFNO3. The number of hydrogen-bond donors (Lipinski definition) is 1. The second-order valence-electron chi connectivity index (χ2n) is 4.83. The lowest BCUT2D eigenvalue weighted by Crippen LogP contribution is -2.13. The topological polar surface area (TPSA) is 47.6 Å². The van der Waals surface area contributed by atoms with Gasteiger partial charge in [0.05, 0.1) is 24.9 Å². The SMILES string of the molecule is COc1cc(NC(=O)CCc2ccccc2F)c(OC)cc1Cl. The van der Waals surface area contributed by atoms with Gasteiger partial charge in [-0.15, -0.1) is 0 Å². The third-order valence-corrected chi connectivity index (χ3v) is 3.62. The van der Waals surface area contributed by atoms with Crippen LogP contribution in [0, 0.1) is 5.82 Å². The zero-order chi connectivity index (χ0) is 16.8. The molecule has 0 aliphatic heterocycles. The van der Waals surface area contributed by atoms with E-state index in [1.165, 1.54) is 20.3 Å². The normalized spacial score (nSPS) is 10.3. The lowest BCUT2D eigenvalue weighted by Gasteiger charge is -2.13. The lowest BCUT2D eigenvalue weighted by molar-refractivity contribution is -0.116. The summed E-state index contributed by atoms with van der Waals surface area (Å²) in [6.07, 6.45) is 0.459. The van der Waals surface area contributed by atoms with Crippen LogP contribution in [0.1, 0.15) is 12.0 Å². The number of aryl methyl sites for hydroxylation is 1. The average molecular weight is 338 g/mol. The van der Waals surface area contributed by atoms with Gasteiger partial charge >= 0.3 is 0 Å². The monoisotopic (exact) mass is 337 g/mol. The highest BCUT2D eigenvalue weighted by atomic mass is 35.5. The molecule has 0 aromatic heterocycles. The van der Waals surface area contributed by atoms with Crippen LogP contribution in [-0.2, 0) is 11.2 Å². The summed E-state index contributed by atoms with van der Waals surface area (Å²) in [7, 11) is 2.96. The third-order valence-electron chi connectivity index (χ3n) is 3.33. The molecule has 0 bridgehead atoms. The number of carbonyl (C=O) groups excluding carboxylic acids is 1. The number of rotatable bonds is 6. The molecule has 0 saturated carbocycles. The highest BCUT2D eigenvalue weighted by molar-refractivity contribution is 6.32. The maximum absolute atomic E-state index is 13.5. The molecular weight excluding hydrogens is 321 g/mol. The van der Waals surface area contributed by atoms with E-state index in [4.69, 9.17) is 21.1 Å². The van der Waals surface area contributed by atoms with Gasteiger partial charge in [0.25, 0.3) is 0 Å². The maximum atomic E-state index is 13.5. The largest absolute Gasteiger partial charge is 0.495 e. The highest BCUT2D eigenvalue weighted by Crippen LogP contribution is 2.35. The summed E-state index contributed by atoms with van der Waals surface area (Å²) in [6.45, 7) is 0. The van der Waals surface area contributed by atoms with E-state index in [9.17, 15) is 9.18 Å². The Kier molecular flexibility index (Phi) is 5.82. The van der Waals surface area contributed by atoms with Crippen molar-refractivity contribution < 1.29 is 18.7 Å². The molecule has 0 atom stereocenters. The summed E-state index contributed by atoms with van der Waals surface area (Å²) in [4.78, 5) is 12.1. The van der Waals surface area contributed by atoms with Gasteiger partial charge in [0.2, 0.25) is 5.91 Å². The van der Waals surface area contributed by atoms with Gasteiger partial charge in [-0.25, -0.2) is 4.39 Å². The molecule has 6 heteroatoms. The van der Waals surface area contributed by atoms with E-state index in [2.05, 4.69) is 5.32 Å². The Morgan fingerprint density at radius 3 is 2.52 bits per heavy atom. The van der Waals surface area contributed by atoms with E-state index in [1.54, 1.807) is 30.3 Å². The van der Waals surface area contributed by atoms with Crippen molar-refractivity contribution in [1.82, 2.24) is 0 Å². The van der Waals surface area contributed by atoms with Crippen LogP contribution in [0.4, 0.5) is 10.1 Å². The predicted molar refractivity (Wildman–Crippen MR) is 87.9 cm³/mol. The Morgan fingerprint density at radius 1 is 1.17 bits per heavy atom. The van der Waals surface area contributed by atoms with Gasteiger partial charge in [0.1, 0.15) is 17.3 Å². The van der Waals surface area contributed by atoms with Crippen molar-refractivity contribution >= 4 is 23.2 Å². The second kappa shape index (κ2) is 7.83. The minimum Gasteiger partial charge on any atom is -0.495 e. The quantitative estimate of drug-likeness (QED) is 0.864. The molecule has 1 N–H and O–H groups in total. The van der Waals surface area contributed by atoms with Gasteiger partial charge in [0.15, 0.2) is 0 Å². The van der Waals surface area contributed by atoms with E-state index in [-0.39, 0.29) is 18.1 Å². The van der Waals surface area contributed by atoms with Crippen molar-refractivity contribution in [2.75, 3.05) is 19.5 Å². The van der Waals surface area contributed by atoms with E-state index in [0.29, 0.717) is 34.2 Å². The van der Waals surface area contributed by atoms with Crippen molar-refractivity contribution in [3.05, 3.63) is 52.8 Å².